The summed E-state index contributed by atoms with van der Waals surface area (Å²) >= 11 is 0. The number of fused-ring (bicyclic) bond motifs is 1. The fraction of sp³-hybridized carbons (Fsp3) is 0.444. The van der Waals surface area contributed by atoms with Gasteiger partial charge in [-0.25, -0.2) is 0 Å². The van der Waals surface area contributed by atoms with E-state index in [1.165, 1.54) is 23.2 Å². The number of nitrogens with zero attached hydrogens (tertiary/aromatic N) is 1. The first-order valence-electron chi connectivity index (χ1n) is 7.54. The molecule has 1 aliphatic rings. The van der Waals surface area contributed by atoms with Gasteiger partial charge in [-0.1, -0.05) is 45.0 Å². The molecule has 1 aromatic heterocycles. The molecule has 0 bridgehead atoms. The Kier molecular flexibility index (Phi) is 3.43. The van der Waals surface area contributed by atoms with Gasteiger partial charge in [0.05, 0.1) is 6.04 Å². The zero-order valence-corrected chi connectivity index (χ0v) is 12.7. The largest absolute Gasteiger partial charge is 0.350 e. The molecule has 0 spiro atoms. The van der Waals surface area contributed by atoms with Crippen LogP contribution in [0.2, 0.25) is 0 Å². The summed E-state index contributed by atoms with van der Waals surface area (Å²) in [6.45, 7) is 9.01. The van der Waals surface area contributed by atoms with Crippen LogP contribution in [0.15, 0.2) is 42.6 Å². The van der Waals surface area contributed by atoms with Crippen molar-refractivity contribution < 1.29 is 0 Å². The van der Waals surface area contributed by atoms with E-state index in [-0.39, 0.29) is 5.41 Å². The highest BCUT2D eigenvalue weighted by Crippen LogP contribution is 2.29. The van der Waals surface area contributed by atoms with E-state index in [1.807, 2.05) is 0 Å². The SMILES string of the molecule is CC(C)(C)c1cccc(C2NCCCn3cccc32)c1. The van der Waals surface area contributed by atoms with Crippen molar-refractivity contribution in [2.75, 3.05) is 6.54 Å². The van der Waals surface area contributed by atoms with Gasteiger partial charge in [0.1, 0.15) is 0 Å². The monoisotopic (exact) mass is 268 g/mol. The average Bonchev–Trinajstić information content (AvgIpc) is 2.78. The second kappa shape index (κ2) is 5.10. The minimum Gasteiger partial charge on any atom is -0.350 e. The Hall–Kier alpha value is -1.54. The van der Waals surface area contributed by atoms with Crippen LogP contribution >= 0.6 is 0 Å². The normalized spacial score (nSPS) is 19.4. The lowest BCUT2D eigenvalue weighted by Crippen LogP contribution is -2.23. The van der Waals surface area contributed by atoms with E-state index in [4.69, 9.17) is 0 Å². The maximum absolute atomic E-state index is 3.70. The van der Waals surface area contributed by atoms with E-state index in [0.29, 0.717) is 6.04 Å². The van der Waals surface area contributed by atoms with Crippen molar-refractivity contribution in [1.29, 1.82) is 0 Å². The molecule has 2 nitrogen and oxygen atoms in total. The lowest BCUT2D eigenvalue weighted by atomic mass is 9.85. The number of aryl methyl sites for hydroxylation is 1. The number of hydrogen-bond donors (Lipinski definition) is 1. The molecule has 1 aliphatic heterocycles. The minimum absolute atomic E-state index is 0.197. The van der Waals surface area contributed by atoms with Crippen molar-refractivity contribution in [3.05, 3.63) is 59.4 Å². The van der Waals surface area contributed by atoms with E-state index >= 15 is 0 Å². The Morgan fingerprint density at radius 2 is 2.00 bits per heavy atom. The Bertz CT molecular complexity index is 589. The number of rotatable bonds is 1. The summed E-state index contributed by atoms with van der Waals surface area (Å²) in [7, 11) is 0. The molecular weight excluding hydrogens is 244 g/mol. The van der Waals surface area contributed by atoms with E-state index < -0.39 is 0 Å². The Balaban J connectivity index is 2.01. The van der Waals surface area contributed by atoms with Gasteiger partial charge in [-0.2, -0.15) is 0 Å². The Morgan fingerprint density at radius 3 is 2.80 bits per heavy atom. The first kappa shape index (κ1) is 13.4. The van der Waals surface area contributed by atoms with Crippen LogP contribution in [0, 0.1) is 0 Å². The van der Waals surface area contributed by atoms with Crippen LogP contribution < -0.4 is 5.32 Å². The van der Waals surface area contributed by atoms with Crippen LogP contribution in [-0.4, -0.2) is 11.1 Å². The number of nitrogens with one attached hydrogen (secondary N) is 1. The van der Waals surface area contributed by atoms with E-state index in [1.54, 1.807) is 0 Å². The summed E-state index contributed by atoms with van der Waals surface area (Å²) < 4.78 is 2.38. The topological polar surface area (TPSA) is 17.0 Å². The highest BCUT2D eigenvalue weighted by atomic mass is 15.1. The Labute approximate surface area is 121 Å². The summed E-state index contributed by atoms with van der Waals surface area (Å²) in [5.41, 5.74) is 4.36. The summed E-state index contributed by atoms with van der Waals surface area (Å²) in [4.78, 5) is 0. The highest BCUT2D eigenvalue weighted by Gasteiger charge is 2.21. The quantitative estimate of drug-likeness (QED) is 0.831. The van der Waals surface area contributed by atoms with Gasteiger partial charge in [-0.15, -0.1) is 0 Å². The molecule has 3 rings (SSSR count). The molecular formula is C18H24N2. The average molecular weight is 268 g/mol. The van der Waals surface area contributed by atoms with Gasteiger partial charge in [0.2, 0.25) is 0 Å². The van der Waals surface area contributed by atoms with Crippen LogP contribution in [-0.2, 0) is 12.0 Å². The molecule has 0 saturated heterocycles. The lowest BCUT2D eigenvalue weighted by molar-refractivity contribution is 0.581. The third-order valence-electron chi connectivity index (χ3n) is 4.17. The molecule has 2 heteroatoms. The zero-order valence-electron chi connectivity index (χ0n) is 12.7. The van der Waals surface area contributed by atoms with E-state index in [2.05, 4.69) is 73.3 Å². The van der Waals surface area contributed by atoms with Crippen LogP contribution in [0.4, 0.5) is 0 Å². The van der Waals surface area contributed by atoms with Crippen molar-refractivity contribution in [3.8, 4) is 0 Å². The molecule has 1 unspecified atom stereocenters. The first-order chi connectivity index (χ1) is 9.55. The van der Waals surface area contributed by atoms with Gasteiger partial charge in [-0.05, 0) is 41.6 Å². The molecule has 2 aromatic rings. The van der Waals surface area contributed by atoms with Crippen LogP contribution in [0.1, 0.15) is 50.1 Å². The summed E-state index contributed by atoms with van der Waals surface area (Å²) in [6.07, 6.45) is 3.39. The van der Waals surface area contributed by atoms with Crippen molar-refractivity contribution in [2.24, 2.45) is 0 Å². The molecule has 1 aromatic carbocycles. The van der Waals surface area contributed by atoms with Gasteiger partial charge < -0.3 is 9.88 Å². The fourth-order valence-corrected chi connectivity index (χ4v) is 2.97. The predicted molar refractivity (Wildman–Crippen MR) is 84.0 cm³/mol. The second-order valence-electron chi connectivity index (χ2n) is 6.74. The van der Waals surface area contributed by atoms with Crippen molar-refractivity contribution in [3.63, 3.8) is 0 Å². The van der Waals surface area contributed by atoms with Gasteiger partial charge in [0, 0.05) is 18.4 Å². The van der Waals surface area contributed by atoms with Gasteiger partial charge in [-0.3, -0.25) is 0 Å². The van der Waals surface area contributed by atoms with Crippen LogP contribution in [0.5, 0.6) is 0 Å². The molecule has 0 radical (unpaired) electrons. The van der Waals surface area contributed by atoms with Crippen molar-refractivity contribution >= 4 is 0 Å². The molecule has 106 valence electrons. The first-order valence-corrected chi connectivity index (χ1v) is 7.54. The minimum atomic E-state index is 0.197. The smallest absolute Gasteiger partial charge is 0.0731 e. The van der Waals surface area contributed by atoms with Crippen LogP contribution in [0.3, 0.4) is 0 Å². The third-order valence-corrected chi connectivity index (χ3v) is 4.17. The van der Waals surface area contributed by atoms with E-state index in [0.717, 1.165) is 13.1 Å². The molecule has 0 fully saturated rings. The molecule has 0 aliphatic carbocycles. The molecule has 0 amide bonds. The fourth-order valence-electron chi connectivity index (χ4n) is 2.97. The van der Waals surface area contributed by atoms with Crippen molar-refractivity contribution in [1.82, 2.24) is 9.88 Å². The maximum Gasteiger partial charge on any atom is 0.0731 e. The number of hydrogen-bond acceptors (Lipinski definition) is 1. The summed E-state index contributed by atoms with van der Waals surface area (Å²) in [5, 5.41) is 3.70. The molecule has 1 atom stereocenters. The van der Waals surface area contributed by atoms with Crippen LogP contribution in [0.25, 0.3) is 0 Å². The Morgan fingerprint density at radius 1 is 1.15 bits per heavy atom. The summed E-state index contributed by atoms with van der Waals surface area (Å²) in [6, 6.07) is 13.7. The molecule has 20 heavy (non-hydrogen) atoms. The van der Waals surface area contributed by atoms with Gasteiger partial charge >= 0.3 is 0 Å². The molecule has 0 saturated carbocycles. The zero-order chi connectivity index (χ0) is 14.2. The van der Waals surface area contributed by atoms with Gasteiger partial charge in [0.15, 0.2) is 0 Å². The lowest BCUT2D eigenvalue weighted by Gasteiger charge is -2.23. The highest BCUT2D eigenvalue weighted by molar-refractivity contribution is 5.35. The number of benzene rings is 1. The maximum atomic E-state index is 3.70. The molecule has 2 heterocycles. The third kappa shape index (κ3) is 2.53. The predicted octanol–water partition coefficient (Wildman–Crippen LogP) is 3.87. The standard InChI is InChI=1S/C18H24N2/c1-18(2,3)15-8-4-7-14(13-15)17-16-9-5-11-20(16)12-6-10-19-17/h4-5,7-9,11,13,17,19H,6,10,12H2,1-3H3. The molecule has 1 N–H and O–H groups in total. The second-order valence-corrected chi connectivity index (χ2v) is 6.74. The van der Waals surface area contributed by atoms with E-state index in [9.17, 15) is 0 Å². The number of aromatic nitrogens is 1. The van der Waals surface area contributed by atoms with Crippen molar-refractivity contribution in [2.45, 2.75) is 45.2 Å². The van der Waals surface area contributed by atoms with Gasteiger partial charge in [0.25, 0.3) is 0 Å². The summed E-state index contributed by atoms with van der Waals surface area (Å²) in [5.74, 6) is 0.